The molecule has 0 N–H and O–H groups in total. The highest BCUT2D eigenvalue weighted by molar-refractivity contribution is 7.75. The molecule has 2 unspecified atom stereocenters. The summed E-state index contributed by atoms with van der Waals surface area (Å²) < 4.78 is 6.19. The maximum absolute atomic E-state index is 6.19. The van der Waals surface area contributed by atoms with E-state index in [0.29, 0.717) is 12.5 Å². The van der Waals surface area contributed by atoms with Gasteiger partial charge in [-0.25, -0.2) is 4.99 Å². The Morgan fingerprint density at radius 2 is 1.38 bits per heavy atom. The molecule has 2 aliphatic rings. The van der Waals surface area contributed by atoms with Gasteiger partial charge in [-0.1, -0.05) is 117 Å². The molecule has 168 valence electrons. The third-order valence-electron chi connectivity index (χ3n) is 6.91. The highest BCUT2D eigenvalue weighted by Gasteiger charge is 2.35. The second kappa shape index (κ2) is 8.85. The zero-order chi connectivity index (χ0) is 23.1. The predicted molar refractivity (Wildman–Crippen MR) is 147 cm³/mol. The number of rotatable bonds is 5. The molecule has 4 aromatic rings. The molecule has 1 heterocycles. The van der Waals surface area contributed by atoms with E-state index in [1.54, 1.807) is 0 Å². The molecule has 0 spiro atoms. The molecule has 2 nitrogen and oxygen atoms in total. The molecule has 0 bridgehead atoms. The van der Waals surface area contributed by atoms with Crippen molar-refractivity contribution in [2.75, 3.05) is 6.61 Å². The lowest BCUT2D eigenvalue weighted by molar-refractivity contribution is 0.291. The van der Waals surface area contributed by atoms with Crippen LogP contribution in [0.3, 0.4) is 0 Å². The van der Waals surface area contributed by atoms with Crippen LogP contribution in [0, 0.1) is 5.92 Å². The molecular weight excluding hydrogens is 433 g/mol. The van der Waals surface area contributed by atoms with Gasteiger partial charge in [0.05, 0.1) is 6.04 Å². The average Bonchev–Trinajstić information content (AvgIpc) is 3.55. The lowest BCUT2D eigenvalue weighted by Crippen LogP contribution is -2.25. The van der Waals surface area contributed by atoms with Gasteiger partial charge < -0.3 is 4.74 Å². The van der Waals surface area contributed by atoms with Gasteiger partial charge in [0.15, 0.2) is 0 Å². The Morgan fingerprint density at radius 3 is 1.97 bits per heavy atom. The number of nitrogens with zero attached hydrogens (tertiary/aromatic N) is 1. The van der Waals surface area contributed by atoms with Crippen molar-refractivity contribution >= 4 is 46.0 Å². The van der Waals surface area contributed by atoms with E-state index in [-0.39, 0.29) is 11.7 Å². The number of allylic oxidation sites excluding steroid dienone is 3. The fourth-order valence-electron chi connectivity index (χ4n) is 5.04. The summed E-state index contributed by atoms with van der Waals surface area (Å²) in [5.74, 6) is 1.31. The third kappa shape index (κ3) is 3.67. The summed E-state index contributed by atoms with van der Waals surface area (Å²) in [5, 5.41) is 8.05. The molecule has 2 atom stereocenters. The van der Waals surface area contributed by atoms with Gasteiger partial charge in [-0.15, -0.1) is 0 Å². The van der Waals surface area contributed by atoms with Crippen molar-refractivity contribution in [3.05, 3.63) is 109 Å². The number of hydrogen-bond donors (Lipinski definition) is 0. The summed E-state index contributed by atoms with van der Waals surface area (Å²) >= 11 is 0. The lowest BCUT2D eigenvalue weighted by Gasteiger charge is -2.28. The topological polar surface area (TPSA) is 21.6 Å². The summed E-state index contributed by atoms with van der Waals surface area (Å²) in [6.07, 6.45) is 6.77. The minimum atomic E-state index is -0.753. The molecular formula is C31H28NOP. The van der Waals surface area contributed by atoms with E-state index >= 15 is 0 Å². The van der Waals surface area contributed by atoms with E-state index in [0.717, 1.165) is 5.90 Å². The highest BCUT2D eigenvalue weighted by atomic mass is 31.1. The van der Waals surface area contributed by atoms with Crippen LogP contribution in [0.15, 0.2) is 114 Å². The Morgan fingerprint density at radius 1 is 0.794 bits per heavy atom. The minimum Gasteiger partial charge on any atom is -0.475 e. The second-order valence-corrected chi connectivity index (χ2v) is 11.6. The molecule has 0 aromatic heterocycles. The SMILES string of the molecule is CC(C)C1COC(C2=CC=CC2P(c2cccc3ccccc23)c2cccc3ccccc23)=N1. The number of aliphatic imine (C=N–C) groups is 1. The maximum atomic E-state index is 6.19. The molecule has 0 fully saturated rings. The van der Waals surface area contributed by atoms with Crippen molar-refractivity contribution < 1.29 is 4.74 Å². The second-order valence-electron chi connectivity index (χ2n) is 9.37. The molecule has 0 saturated heterocycles. The van der Waals surface area contributed by atoms with Crippen molar-refractivity contribution in [2.45, 2.75) is 25.5 Å². The van der Waals surface area contributed by atoms with E-state index in [1.807, 2.05) is 0 Å². The summed E-state index contributed by atoms with van der Waals surface area (Å²) in [7, 11) is -0.753. The van der Waals surface area contributed by atoms with Crippen LogP contribution in [0.4, 0.5) is 0 Å². The molecule has 0 radical (unpaired) electrons. The van der Waals surface area contributed by atoms with Crippen molar-refractivity contribution in [1.29, 1.82) is 0 Å². The van der Waals surface area contributed by atoms with Gasteiger partial charge in [-0.3, -0.25) is 0 Å². The van der Waals surface area contributed by atoms with Crippen LogP contribution in [-0.4, -0.2) is 24.2 Å². The molecule has 4 aromatic carbocycles. The van der Waals surface area contributed by atoms with E-state index in [4.69, 9.17) is 9.73 Å². The first-order chi connectivity index (χ1) is 16.7. The monoisotopic (exact) mass is 461 g/mol. The lowest BCUT2D eigenvalue weighted by atomic mass is 10.1. The number of ether oxygens (including phenoxy) is 1. The van der Waals surface area contributed by atoms with E-state index in [9.17, 15) is 0 Å². The molecule has 1 aliphatic carbocycles. The Labute approximate surface area is 202 Å². The van der Waals surface area contributed by atoms with E-state index < -0.39 is 7.92 Å². The van der Waals surface area contributed by atoms with Crippen molar-refractivity contribution in [2.24, 2.45) is 10.9 Å². The van der Waals surface area contributed by atoms with Crippen molar-refractivity contribution in [3.63, 3.8) is 0 Å². The van der Waals surface area contributed by atoms with Crippen LogP contribution in [-0.2, 0) is 4.74 Å². The van der Waals surface area contributed by atoms with Gasteiger partial charge in [0, 0.05) is 11.2 Å². The Bertz CT molecular complexity index is 1380. The molecule has 1 aliphatic heterocycles. The fourth-order valence-corrected chi connectivity index (χ4v) is 8.07. The number of fused-ring (bicyclic) bond motifs is 2. The first-order valence-corrected chi connectivity index (χ1v) is 13.5. The Balaban J connectivity index is 1.56. The number of hydrogen-bond acceptors (Lipinski definition) is 2. The zero-order valence-electron chi connectivity index (χ0n) is 19.6. The Kier molecular flexibility index (Phi) is 5.55. The van der Waals surface area contributed by atoms with Gasteiger partial charge in [-0.05, 0) is 46.0 Å². The Hall–Kier alpha value is -3.22. The standard InChI is InChI=1S/C31H28NOP/c1-21(2)27-20-33-31(32-27)26-16-9-19-30(26)34(28-17-7-12-22-10-3-5-14-24(22)28)29-18-8-13-23-11-4-6-15-25(23)29/h3-19,21,27,30H,20H2,1-2H3. The van der Waals surface area contributed by atoms with Gasteiger partial charge in [0.2, 0.25) is 5.90 Å². The molecule has 3 heteroatoms. The van der Waals surface area contributed by atoms with Gasteiger partial charge in [0.25, 0.3) is 0 Å². The molecule has 0 amide bonds. The van der Waals surface area contributed by atoms with Crippen LogP contribution >= 0.6 is 7.92 Å². The summed E-state index contributed by atoms with van der Waals surface area (Å²) in [6, 6.07) is 31.3. The highest BCUT2D eigenvalue weighted by Crippen LogP contribution is 2.49. The fraction of sp³-hybridized carbons (Fsp3) is 0.194. The summed E-state index contributed by atoms with van der Waals surface area (Å²) in [5.41, 5.74) is 1.44. The van der Waals surface area contributed by atoms with E-state index in [2.05, 4.69) is 117 Å². The summed E-state index contributed by atoms with van der Waals surface area (Å²) in [6.45, 7) is 5.12. The predicted octanol–water partition coefficient (Wildman–Crippen LogP) is 6.74. The molecule has 6 rings (SSSR count). The minimum absolute atomic E-state index is 0.219. The molecule has 34 heavy (non-hydrogen) atoms. The van der Waals surface area contributed by atoms with E-state index in [1.165, 1.54) is 37.7 Å². The van der Waals surface area contributed by atoms with Crippen LogP contribution in [0.25, 0.3) is 21.5 Å². The number of benzene rings is 4. The zero-order valence-corrected chi connectivity index (χ0v) is 20.5. The largest absolute Gasteiger partial charge is 0.475 e. The first kappa shape index (κ1) is 21.3. The smallest absolute Gasteiger partial charge is 0.213 e. The van der Waals surface area contributed by atoms with Crippen LogP contribution in [0.2, 0.25) is 0 Å². The van der Waals surface area contributed by atoms with Gasteiger partial charge in [0.1, 0.15) is 6.61 Å². The van der Waals surface area contributed by atoms with Crippen LogP contribution < -0.4 is 10.6 Å². The normalized spacial score (nSPS) is 19.8. The average molecular weight is 462 g/mol. The first-order valence-electron chi connectivity index (χ1n) is 12.0. The maximum Gasteiger partial charge on any atom is 0.213 e. The third-order valence-corrected chi connectivity index (χ3v) is 9.73. The van der Waals surface area contributed by atoms with Crippen LogP contribution in [0.5, 0.6) is 0 Å². The molecule has 0 saturated carbocycles. The van der Waals surface area contributed by atoms with Crippen molar-refractivity contribution in [3.8, 4) is 0 Å². The van der Waals surface area contributed by atoms with Crippen LogP contribution in [0.1, 0.15) is 13.8 Å². The van der Waals surface area contributed by atoms with Gasteiger partial charge in [-0.2, -0.15) is 0 Å². The van der Waals surface area contributed by atoms with Crippen molar-refractivity contribution in [1.82, 2.24) is 0 Å². The van der Waals surface area contributed by atoms with Gasteiger partial charge >= 0.3 is 0 Å². The summed E-state index contributed by atoms with van der Waals surface area (Å²) in [4.78, 5) is 5.01. The quantitative estimate of drug-likeness (QED) is 0.302.